The van der Waals surface area contributed by atoms with Crippen LogP contribution in [0.15, 0.2) is 42.2 Å². The summed E-state index contributed by atoms with van der Waals surface area (Å²) in [5.41, 5.74) is -1.96. The fourth-order valence-corrected chi connectivity index (χ4v) is 2.33. The Morgan fingerprint density at radius 2 is 1.85 bits per heavy atom. The molecule has 10 heteroatoms. The van der Waals surface area contributed by atoms with Crippen LogP contribution in [0.25, 0.3) is 5.57 Å². The number of amides is 2. The second-order valence-electron chi connectivity index (χ2n) is 5.40. The van der Waals surface area contributed by atoms with E-state index in [1.807, 2.05) is 0 Å². The smallest absolute Gasteiger partial charge is 0.354 e. The van der Waals surface area contributed by atoms with Crippen molar-refractivity contribution in [3.8, 4) is 0 Å². The molecule has 0 spiro atoms. The summed E-state index contributed by atoms with van der Waals surface area (Å²) in [6.07, 6.45) is -3.09. The topological polar surface area (TPSA) is 99.9 Å². The number of carbonyl (C=O) groups is 2. The number of aryl methyl sites for hydroxylation is 1. The molecule has 0 saturated heterocycles. The molecule has 27 heavy (non-hydrogen) atoms. The van der Waals surface area contributed by atoms with Gasteiger partial charge in [-0.2, -0.15) is 18.3 Å². The van der Waals surface area contributed by atoms with Gasteiger partial charge in [0.05, 0.1) is 5.56 Å². The van der Waals surface area contributed by atoms with E-state index in [-0.39, 0.29) is 11.3 Å². The molecule has 0 aliphatic heterocycles. The van der Waals surface area contributed by atoms with Gasteiger partial charge in [0, 0.05) is 32.1 Å². The summed E-state index contributed by atoms with van der Waals surface area (Å²) in [5.74, 6) is -1.92. The molecule has 3 N–H and O–H groups in total. The number of hydrogen-bond donors (Lipinski definition) is 3. The third kappa shape index (κ3) is 4.40. The van der Waals surface area contributed by atoms with E-state index in [2.05, 4.69) is 15.7 Å². The van der Waals surface area contributed by atoms with Gasteiger partial charge in [0.1, 0.15) is 5.70 Å². The van der Waals surface area contributed by atoms with E-state index in [0.29, 0.717) is 5.56 Å². The number of alkyl halides is 3. The molecule has 0 saturated carbocycles. The van der Waals surface area contributed by atoms with Gasteiger partial charge in [0.15, 0.2) is 5.69 Å². The van der Waals surface area contributed by atoms with Crippen LogP contribution in [0.5, 0.6) is 0 Å². The van der Waals surface area contributed by atoms with Crippen LogP contribution < -0.4 is 10.6 Å². The molecule has 1 aromatic heterocycles. The number of allylic oxidation sites excluding steroid dienone is 1. The van der Waals surface area contributed by atoms with Crippen molar-refractivity contribution in [3.63, 3.8) is 0 Å². The molecular weight excluding hydrogens is 363 g/mol. The molecule has 2 rings (SSSR count). The average molecular weight is 379 g/mol. The Hall–Kier alpha value is -3.43. The summed E-state index contributed by atoms with van der Waals surface area (Å²) in [5, 5.41) is 15.3. The van der Waals surface area contributed by atoms with Gasteiger partial charge in [-0.1, -0.05) is 30.3 Å². The highest BCUT2D eigenvalue weighted by molar-refractivity contribution is 6.19. The molecule has 142 valence electrons. The van der Waals surface area contributed by atoms with Crippen molar-refractivity contribution in [3.05, 3.63) is 59.0 Å². The minimum Gasteiger partial charge on any atom is -0.354 e. The third-order valence-electron chi connectivity index (χ3n) is 3.53. The maximum atomic E-state index is 13.1. The molecule has 2 aromatic rings. The maximum Gasteiger partial charge on any atom is 0.435 e. The summed E-state index contributed by atoms with van der Waals surface area (Å²) in [4.78, 5) is 24.7. The van der Waals surface area contributed by atoms with E-state index in [4.69, 9.17) is 5.41 Å². The van der Waals surface area contributed by atoms with Crippen molar-refractivity contribution < 1.29 is 22.8 Å². The zero-order valence-electron chi connectivity index (χ0n) is 14.4. The van der Waals surface area contributed by atoms with Gasteiger partial charge in [-0.05, 0) is 5.56 Å². The maximum absolute atomic E-state index is 13.1. The van der Waals surface area contributed by atoms with Crippen molar-refractivity contribution in [2.24, 2.45) is 7.05 Å². The SMILES string of the molecule is CNC(=O)C(NC(=O)c1cn(C)nc1C(F)(F)F)=C(C=N)c1ccccc1. The van der Waals surface area contributed by atoms with Crippen LogP contribution in [0.2, 0.25) is 0 Å². The van der Waals surface area contributed by atoms with Crippen molar-refractivity contribution in [1.29, 1.82) is 5.41 Å². The minimum absolute atomic E-state index is 0.0424. The predicted octanol–water partition coefficient (Wildman–Crippen LogP) is 1.98. The van der Waals surface area contributed by atoms with Crippen LogP contribution in [0.1, 0.15) is 21.6 Å². The second-order valence-corrected chi connectivity index (χ2v) is 5.40. The minimum atomic E-state index is -4.84. The predicted molar refractivity (Wildman–Crippen MR) is 91.9 cm³/mol. The van der Waals surface area contributed by atoms with Gasteiger partial charge in [-0.25, -0.2) is 0 Å². The summed E-state index contributed by atoms with van der Waals surface area (Å²) >= 11 is 0. The molecule has 2 amide bonds. The van der Waals surface area contributed by atoms with Crippen molar-refractivity contribution in [2.75, 3.05) is 7.05 Å². The van der Waals surface area contributed by atoms with E-state index in [0.717, 1.165) is 17.1 Å². The first-order valence-corrected chi connectivity index (χ1v) is 7.63. The number of aromatic nitrogens is 2. The number of benzene rings is 1. The van der Waals surface area contributed by atoms with Crippen LogP contribution in [-0.2, 0) is 18.0 Å². The van der Waals surface area contributed by atoms with E-state index in [1.165, 1.54) is 14.1 Å². The number of carbonyl (C=O) groups excluding carboxylic acids is 2. The Bertz CT molecular complexity index is 901. The molecule has 0 fully saturated rings. The molecule has 0 aliphatic carbocycles. The average Bonchev–Trinajstić information content (AvgIpc) is 3.04. The Balaban J connectivity index is 2.52. The summed E-state index contributed by atoms with van der Waals surface area (Å²) in [7, 11) is 2.54. The quantitative estimate of drug-likeness (QED) is 0.547. The first kappa shape index (κ1) is 19.9. The summed E-state index contributed by atoms with van der Waals surface area (Å²) in [6, 6.07) is 8.23. The molecule has 0 atom stereocenters. The zero-order chi connectivity index (χ0) is 20.2. The van der Waals surface area contributed by atoms with Crippen molar-refractivity contribution in [1.82, 2.24) is 20.4 Å². The van der Waals surface area contributed by atoms with Crippen LogP contribution in [0.3, 0.4) is 0 Å². The highest BCUT2D eigenvalue weighted by Crippen LogP contribution is 2.30. The number of rotatable bonds is 5. The van der Waals surface area contributed by atoms with Gasteiger partial charge in [-0.15, -0.1) is 0 Å². The van der Waals surface area contributed by atoms with Crippen molar-refractivity contribution in [2.45, 2.75) is 6.18 Å². The Labute approximate surface area is 152 Å². The third-order valence-corrected chi connectivity index (χ3v) is 3.53. The molecule has 0 bridgehead atoms. The number of likely N-dealkylation sites (N-methyl/N-ethyl adjacent to an activating group) is 1. The molecule has 7 nitrogen and oxygen atoms in total. The van der Waals surface area contributed by atoms with Gasteiger partial charge in [0.2, 0.25) is 0 Å². The monoisotopic (exact) mass is 379 g/mol. The molecular formula is C17H16F3N5O2. The highest BCUT2D eigenvalue weighted by Gasteiger charge is 2.39. The van der Waals surface area contributed by atoms with Crippen LogP contribution in [0.4, 0.5) is 13.2 Å². The number of nitrogens with one attached hydrogen (secondary N) is 3. The van der Waals surface area contributed by atoms with E-state index in [9.17, 15) is 22.8 Å². The van der Waals surface area contributed by atoms with Gasteiger partial charge in [-0.3, -0.25) is 14.3 Å². The lowest BCUT2D eigenvalue weighted by Crippen LogP contribution is -2.35. The lowest BCUT2D eigenvalue weighted by atomic mass is 10.0. The van der Waals surface area contributed by atoms with Gasteiger partial charge < -0.3 is 16.0 Å². The Morgan fingerprint density at radius 1 is 1.22 bits per heavy atom. The molecule has 0 radical (unpaired) electrons. The standard InChI is InChI=1S/C17H16F3N5O2/c1-22-16(27)13(11(8-21)10-6-4-3-5-7-10)23-15(26)12-9-25(2)24-14(12)17(18,19)20/h3-9,21H,1-2H3,(H,22,27)(H,23,26). The van der Waals surface area contributed by atoms with Crippen LogP contribution in [0, 0.1) is 5.41 Å². The highest BCUT2D eigenvalue weighted by atomic mass is 19.4. The fraction of sp³-hybridized carbons (Fsp3) is 0.176. The fourth-order valence-electron chi connectivity index (χ4n) is 2.33. The van der Waals surface area contributed by atoms with Crippen LogP contribution in [-0.4, -0.2) is 34.9 Å². The number of nitrogens with zero attached hydrogens (tertiary/aromatic N) is 2. The first-order chi connectivity index (χ1) is 12.7. The number of hydrogen-bond acceptors (Lipinski definition) is 4. The first-order valence-electron chi connectivity index (χ1n) is 7.63. The lowest BCUT2D eigenvalue weighted by molar-refractivity contribution is -0.141. The van der Waals surface area contributed by atoms with Gasteiger partial charge in [0.25, 0.3) is 11.8 Å². The van der Waals surface area contributed by atoms with Crippen molar-refractivity contribution >= 4 is 23.6 Å². The molecule has 0 aliphatic rings. The molecule has 1 heterocycles. The zero-order valence-corrected chi connectivity index (χ0v) is 14.4. The lowest BCUT2D eigenvalue weighted by Gasteiger charge is -2.13. The Morgan fingerprint density at radius 3 is 2.37 bits per heavy atom. The molecule has 1 aromatic carbocycles. The summed E-state index contributed by atoms with van der Waals surface area (Å²) < 4.78 is 40.1. The normalized spacial score (nSPS) is 12.2. The van der Waals surface area contributed by atoms with Gasteiger partial charge >= 0.3 is 6.18 Å². The van der Waals surface area contributed by atoms with Crippen LogP contribution >= 0.6 is 0 Å². The van der Waals surface area contributed by atoms with E-state index < -0.39 is 29.2 Å². The largest absolute Gasteiger partial charge is 0.435 e. The van der Waals surface area contributed by atoms with E-state index >= 15 is 0 Å². The van der Waals surface area contributed by atoms with E-state index in [1.54, 1.807) is 30.3 Å². The number of halogens is 3. The second kappa shape index (κ2) is 7.85. The summed E-state index contributed by atoms with van der Waals surface area (Å²) in [6.45, 7) is 0. The Kier molecular flexibility index (Phi) is 5.78. The molecule has 0 unspecified atom stereocenters.